The molecule has 3 aliphatic heterocycles. The summed E-state index contributed by atoms with van der Waals surface area (Å²) in [7, 11) is -3.42. The Labute approximate surface area is 160 Å². The van der Waals surface area contributed by atoms with Gasteiger partial charge in [0.1, 0.15) is 11.9 Å². The standard InChI is InChI=1S/C17H23N3O5S2/c1-18-15-6-5-13(25-2)9-14(15)17-7-8-19(26(3,21)22)10-12(17)11-20(16(17)18)27(4,23)24/h5-6,9,11,16H,7-8,10H2,1-4H3/t16-,17+/m1/s1. The molecule has 27 heavy (non-hydrogen) atoms. The van der Waals surface area contributed by atoms with Crippen LogP contribution in [0.4, 0.5) is 5.69 Å². The molecule has 8 nitrogen and oxygen atoms in total. The number of benzene rings is 1. The highest BCUT2D eigenvalue weighted by molar-refractivity contribution is 7.88. The predicted octanol–water partition coefficient (Wildman–Crippen LogP) is 0.533. The fourth-order valence-electron chi connectivity index (χ4n) is 4.71. The molecular weight excluding hydrogens is 390 g/mol. The summed E-state index contributed by atoms with van der Waals surface area (Å²) in [4.78, 5) is 1.97. The lowest BCUT2D eigenvalue weighted by Crippen LogP contribution is -2.55. The third kappa shape index (κ3) is 2.50. The Morgan fingerprint density at radius 3 is 2.44 bits per heavy atom. The van der Waals surface area contributed by atoms with Gasteiger partial charge in [-0.25, -0.2) is 16.8 Å². The van der Waals surface area contributed by atoms with Gasteiger partial charge < -0.3 is 9.64 Å². The van der Waals surface area contributed by atoms with Gasteiger partial charge in [-0.15, -0.1) is 0 Å². The largest absolute Gasteiger partial charge is 0.497 e. The molecule has 0 amide bonds. The summed E-state index contributed by atoms with van der Waals surface area (Å²) in [6.45, 7) is 0.528. The lowest BCUT2D eigenvalue weighted by Gasteiger charge is -2.42. The average Bonchev–Trinajstić information content (AvgIpc) is 3.05. The number of piperidine rings is 1. The molecule has 0 aromatic heterocycles. The normalized spacial score (nSPS) is 27.9. The Bertz CT molecular complexity index is 1050. The van der Waals surface area contributed by atoms with Gasteiger partial charge in [0, 0.05) is 32.0 Å². The third-order valence-electron chi connectivity index (χ3n) is 5.92. The van der Waals surface area contributed by atoms with Crippen LogP contribution < -0.4 is 9.64 Å². The second kappa shape index (κ2) is 5.62. The molecule has 1 spiro atoms. The number of methoxy groups -OCH3 is 1. The average molecular weight is 414 g/mol. The molecule has 10 heteroatoms. The van der Waals surface area contributed by atoms with Gasteiger partial charge >= 0.3 is 0 Å². The summed E-state index contributed by atoms with van der Waals surface area (Å²) >= 11 is 0. The van der Waals surface area contributed by atoms with Gasteiger partial charge in [-0.1, -0.05) is 0 Å². The van der Waals surface area contributed by atoms with Crippen LogP contribution in [0, 0.1) is 0 Å². The topological polar surface area (TPSA) is 87.2 Å². The van der Waals surface area contributed by atoms with Crippen molar-refractivity contribution in [1.82, 2.24) is 8.61 Å². The Hall–Kier alpha value is -1.78. The van der Waals surface area contributed by atoms with Crippen LogP contribution in [0.1, 0.15) is 12.0 Å². The summed E-state index contributed by atoms with van der Waals surface area (Å²) in [5.41, 5.74) is 2.14. The van der Waals surface area contributed by atoms with E-state index in [0.717, 1.165) is 16.8 Å². The maximum absolute atomic E-state index is 12.5. The molecule has 0 saturated carbocycles. The van der Waals surface area contributed by atoms with Crippen LogP contribution in [0.2, 0.25) is 0 Å². The van der Waals surface area contributed by atoms with Gasteiger partial charge in [0.05, 0.1) is 25.0 Å². The molecule has 1 fully saturated rings. The molecule has 3 heterocycles. The molecule has 1 aromatic rings. The molecule has 148 valence electrons. The number of likely N-dealkylation sites (N-methyl/N-ethyl adjacent to an activating group) is 1. The first kappa shape index (κ1) is 18.6. The highest BCUT2D eigenvalue weighted by Crippen LogP contribution is 2.58. The molecule has 0 unspecified atom stereocenters. The van der Waals surface area contributed by atoms with E-state index in [9.17, 15) is 16.8 Å². The van der Waals surface area contributed by atoms with E-state index in [0.29, 0.717) is 18.7 Å². The van der Waals surface area contributed by atoms with Gasteiger partial charge in [-0.3, -0.25) is 4.31 Å². The first-order chi connectivity index (χ1) is 12.5. The fourth-order valence-corrected chi connectivity index (χ4v) is 6.51. The van der Waals surface area contributed by atoms with E-state index in [2.05, 4.69) is 0 Å². The van der Waals surface area contributed by atoms with Crippen molar-refractivity contribution in [3.8, 4) is 5.75 Å². The summed E-state index contributed by atoms with van der Waals surface area (Å²) in [6, 6.07) is 5.73. The molecule has 4 rings (SSSR count). The second-order valence-corrected chi connectivity index (χ2v) is 11.3. The smallest absolute Gasteiger partial charge is 0.233 e. The highest BCUT2D eigenvalue weighted by atomic mass is 32.2. The van der Waals surface area contributed by atoms with Crippen LogP contribution in [0.3, 0.4) is 0 Å². The molecule has 3 aliphatic rings. The maximum atomic E-state index is 12.5. The summed E-state index contributed by atoms with van der Waals surface area (Å²) in [5, 5.41) is 0. The monoisotopic (exact) mass is 413 g/mol. The van der Waals surface area contributed by atoms with E-state index in [-0.39, 0.29) is 6.54 Å². The lowest BCUT2D eigenvalue weighted by atomic mass is 9.71. The SMILES string of the molecule is COc1ccc2c(c1)[C@]13CCN(S(C)(=O)=O)CC1=CN(S(C)(=O)=O)[C@H]3N2C. The van der Waals surface area contributed by atoms with Gasteiger partial charge in [0.25, 0.3) is 0 Å². The summed E-state index contributed by atoms with van der Waals surface area (Å²) in [5.74, 6) is 0.694. The molecule has 0 radical (unpaired) electrons. The van der Waals surface area contributed by atoms with Crippen LogP contribution in [0.15, 0.2) is 30.0 Å². The fraction of sp³-hybridized carbons (Fsp3) is 0.529. The Morgan fingerprint density at radius 1 is 1.15 bits per heavy atom. The van der Waals surface area contributed by atoms with E-state index < -0.39 is 31.6 Å². The van der Waals surface area contributed by atoms with Crippen LogP contribution in [-0.2, 0) is 25.5 Å². The van der Waals surface area contributed by atoms with E-state index in [1.807, 2.05) is 30.1 Å². The minimum Gasteiger partial charge on any atom is -0.497 e. The van der Waals surface area contributed by atoms with Crippen molar-refractivity contribution in [2.24, 2.45) is 0 Å². The van der Waals surface area contributed by atoms with Crippen LogP contribution >= 0.6 is 0 Å². The van der Waals surface area contributed by atoms with Crippen molar-refractivity contribution in [2.75, 3.05) is 44.7 Å². The van der Waals surface area contributed by atoms with Gasteiger partial charge in [0.2, 0.25) is 20.0 Å². The minimum absolute atomic E-state index is 0.186. The van der Waals surface area contributed by atoms with E-state index in [1.165, 1.54) is 21.1 Å². The van der Waals surface area contributed by atoms with Crippen molar-refractivity contribution in [3.05, 3.63) is 35.5 Å². The van der Waals surface area contributed by atoms with Crippen LogP contribution in [0.5, 0.6) is 5.75 Å². The predicted molar refractivity (Wildman–Crippen MR) is 103 cm³/mol. The number of fused-ring (bicyclic) bond motifs is 1. The van der Waals surface area contributed by atoms with Crippen LogP contribution in [0.25, 0.3) is 0 Å². The number of rotatable bonds is 3. The molecule has 1 saturated heterocycles. The van der Waals surface area contributed by atoms with E-state index in [4.69, 9.17) is 4.74 Å². The molecule has 0 bridgehead atoms. The maximum Gasteiger partial charge on any atom is 0.233 e. The second-order valence-electron chi connectivity index (χ2n) is 7.43. The Balaban J connectivity index is 1.93. The molecular formula is C17H23N3O5S2. The lowest BCUT2D eigenvalue weighted by molar-refractivity contribution is 0.254. The number of ether oxygens (including phenoxy) is 1. The molecule has 0 aliphatic carbocycles. The number of hydrogen-bond acceptors (Lipinski definition) is 6. The van der Waals surface area contributed by atoms with Crippen molar-refractivity contribution in [1.29, 1.82) is 0 Å². The quantitative estimate of drug-likeness (QED) is 0.719. The number of hydrogen-bond donors (Lipinski definition) is 0. The van der Waals surface area contributed by atoms with Gasteiger partial charge in [0.15, 0.2) is 0 Å². The minimum atomic E-state index is -3.52. The van der Waals surface area contributed by atoms with Crippen molar-refractivity contribution < 1.29 is 21.6 Å². The number of sulfonamides is 2. The third-order valence-corrected chi connectivity index (χ3v) is 8.24. The van der Waals surface area contributed by atoms with Gasteiger partial charge in [-0.2, -0.15) is 4.31 Å². The summed E-state index contributed by atoms with van der Waals surface area (Å²) < 4.78 is 57.4. The number of nitrogens with zero attached hydrogens (tertiary/aromatic N) is 3. The first-order valence-corrected chi connectivity index (χ1v) is 12.3. The van der Waals surface area contributed by atoms with E-state index >= 15 is 0 Å². The number of anilines is 1. The zero-order valence-corrected chi connectivity index (χ0v) is 17.3. The van der Waals surface area contributed by atoms with Crippen molar-refractivity contribution in [3.63, 3.8) is 0 Å². The first-order valence-electron chi connectivity index (χ1n) is 8.56. The van der Waals surface area contributed by atoms with E-state index in [1.54, 1.807) is 13.3 Å². The van der Waals surface area contributed by atoms with Crippen molar-refractivity contribution in [2.45, 2.75) is 18.0 Å². The Kier molecular flexibility index (Phi) is 3.86. The molecule has 0 N–H and O–H groups in total. The molecule has 1 aromatic carbocycles. The van der Waals surface area contributed by atoms with Crippen LogP contribution in [-0.4, -0.2) is 71.4 Å². The highest BCUT2D eigenvalue weighted by Gasteiger charge is 2.61. The summed E-state index contributed by atoms with van der Waals surface area (Å²) in [6.07, 6.45) is 4.06. The Morgan fingerprint density at radius 2 is 1.85 bits per heavy atom. The van der Waals surface area contributed by atoms with Gasteiger partial charge in [-0.05, 0) is 35.8 Å². The zero-order chi connectivity index (χ0) is 19.8. The molecule has 2 atom stereocenters. The van der Waals surface area contributed by atoms with Crippen molar-refractivity contribution >= 4 is 25.7 Å². The zero-order valence-electron chi connectivity index (χ0n) is 15.7.